The molecule has 6 heteroatoms. The van der Waals surface area contributed by atoms with Crippen LogP contribution < -0.4 is 19.9 Å². The molecule has 0 aliphatic rings. The van der Waals surface area contributed by atoms with Crippen LogP contribution in [-0.2, 0) is 0 Å². The van der Waals surface area contributed by atoms with Crippen molar-refractivity contribution in [1.29, 1.82) is 0 Å². The van der Waals surface area contributed by atoms with E-state index >= 15 is 0 Å². The number of methoxy groups -OCH3 is 2. The summed E-state index contributed by atoms with van der Waals surface area (Å²) in [5.41, 5.74) is 7.79. The lowest BCUT2D eigenvalue weighted by atomic mass is 10.1. The predicted octanol–water partition coefficient (Wildman–Crippen LogP) is 3.62. The molecule has 122 valence electrons. The minimum Gasteiger partial charge on any atom is -0.496 e. The number of carbonyl (C=O) groups is 1. The Kier molecular flexibility index (Phi) is 5.50. The van der Waals surface area contributed by atoms with E-state index in [1.54, 1.807) is 24.3 Å². The molecule has 2 N–H and O–H groups in total. The van der Waals surface area contributed by atoms with Crippen LogP contribution in [0.1, 0.15) is 15.9 Å². The average Bonchev–Trinajstić information content (AvgIpc) is 2.53. The summed E-state index contributed by atoms with van der Waals surface area (Å²) >= 11 is 3.36. The van der Waals surface area contributed by atoms with Gasteiger partial charge in [0.2, 0.25) is 5.78 Å². The number of halogens is 1. The molecule has 0 fully saturated rings. The molecule has 0 saturated heterocycles. The highest BCUT2D eigenvalue weighted by Gasteiger charge is 2.17. The van der Waals surface area contributed by atoms with Gasteiger partial charge >= 0.3 is 0 Å². The predicted molar refractivity (Wildman–Crippen MR) is 92.7 cm³/mol. The molecule has 2 aromatic carbocycles. The molecule has 0 atom stereocenters. The largest absolute Gasteiger partial charge is 0.496 e. The molecule has 2 aromatic rings. The standard InChI is InChI=1S/C17H18BrNO4/c1-10-4-5-15(13(19)6-10)23-9-14(20)11-7-17(22-3)12(18)8-16(11)21-2/h4-8H,9,19H2,1-3H3. The molecule has 0 aromatic heterocycles. The van der Waals surface area contributed by atoms with Crippen LogP contribution in [0.25, 0.3) is 0 Å². The van der Waals surface area contributed by atoms with Crippen LogP contribution in [0.3, 0.4) is 0 Å². The van der Waals surface area contributed by atoms with Crippen LogP contribution >= 0.6 is 15.9 Å². The average molecular weight is 380 g/mol. The monoisotopic (exact) mass is 379 g/mol. The Hall–Kier alpha value is -2.21. The van der Waals surface area contributed by atoms with Crippen molar-refractivity contribution in [3.05, 3.63) is 45.9 Å². The molecule has 0 aliphatic carbocycles. The summed E-state index contributed by atoms with van der Waals surface area (Å²) in [6.07, 6.45) is 0. The number of carbonyl (C=O) groups excluding carboxylic acids is 1. The van der Waals surface area contributed by atoms with Crippen molar-refractivity contribution in [3.63, 3.8) is 0 Å². The van der Waals surface area contributed by atoms with E-state index in [0.717, 1.165) is 5.56 Å². The number of hydrogen-bond donors (Lipinski definition) is 1. The first-order valence-corrected chi connectivity index (χ1v) is 7.69. The third kappa shape index (κ3) is 3.96. The maximum atomic E-state index is 12.4. The fourth-order valence-corrected chi connectivity index (χ4v) is 2.58. The highest BCUT2D eigenvalue weighted by Crippen LogP contribution is 2.33. The maximum Gasteiger partial charge on any atom is 0.204 e. The number of Topliss-reactive ketones (excluding diaryl/α,β-unsaturated/α-hetero) is 1. The maximum absolute atomic E-state index is 12.4. The van der Waals surface area contributed by atoms with Gasteiger partial charge in [-0.15, -0.1) is 0 Å². The van der Waals surface area contributed by atoms with Gasteiger partial charge < -0.3 is 19.9 Å². The van der Waals surface area contributed by atoms with Crippen LogP contribution in [0.4, 0.5) is 5.69 Å². The van der Waals surface area contributed by atoms with Crippen LogP contribution in [0.5, 0.6) is 17.2 Å². The number of aryl methyl sites for hydroxylation is 1. The van der Waals surface area contributed by atoms with Crippen molar-refractivity contribution >= 4 is 27.4 Å². The van der Waals surface area contributed by atoms with E-state index in [9.17, 15) is 4.79 Å². The Bertz CT molecular complexity index is 731. The number of hydrogen-bond acceptors (Lipinski definition) is 5. The molecule has 0 saturated carbocycles. The molecule has 0 amide bonds. The number of ketones is 1. The van der Waals surface area contributed by atoms with Gasteiger partial charge in [0, 0.05) is 0 Å². The second-order valence-corrected chi connectivity index (χ2v) is 5.79. The normalized spacial score (nSPS) is 10.3. The number of anilines is 1. The molecule has 23 heavy (non-hydrogen) atoms. The van der Waals surface area contributed by atoms with Crippen LogP contribution in [-0.4, -0.2) is 26.6 Å². The number of nitrogens with two attached hydrogens (primary N) is 1. The zero-order chi connectivity index (χ0) is 17.0. The van der Waals surface area contributed by atoms with Gasteiger partial charge in [-0.25, -0.2) is 0 Å². The van der Waals surface area contributed by atoms with Crippen LogP contribution in [0.2, 0.25) is 0 Å². The van der Waals surface area contributed by atoms with E-state index in [1.807, 2.05) is 13.0 Å². The third-order valence-corrected chi connectivity index (χ3v) is 3.92. The molecule has 0 spiro atoms. The van der Waals surface area contributed by atoms with Gasteiger partial charge in [0.05, 0.1) is 29.9 Å². The Morgan fingerprint density at radius 3 is 2.39 bits per heavy atom. The van der Waals surface area contributed by atoms with Gasteiger partial charge in [0.1, 0.15) is 17.2 Å². The van der Waals surface area contributed by atoms with Crippen molar-refractivity contribution in [1.82, 2.24) is 0 Å². The van der Waals surface area contributed by atoms with Crippen molar-refractivity contribution in [2.75, 3.05) is 26.6 Å². The highest BCUT2D eigenvalue weighted by atomic mass is 79.9. The quantitative estimate of drug-likeness (QED) is 0.612. The minimum atomic E-state index is -0.229. The highest BCUT2D eigenvalue weighted by molar-refractivity contribution is 9.10. The third-order valence-electron chi connectivity index (χ3n) is 3.30. The number of rotatable bonds is 6. The number of nitrogen functional groups attached to an aromatic ring is 1. The van der Waals surface area contributed by atoms with E-state index in [2.05, 4.69) is 15.9 Å². The zero-order valence-corrected chi connectivity index (χ0v) is 14.8. The van der Waals surface area contributed by atoms with Gasteiger partial charge in [0.15, 0.2) is 6.61 Å². The molecule has 2 rings (SSSR count). The first-order chi connectivity index (χ1) is 11.0. The smallest absolute Gasteiger partial charge is 0.204 e. The molecule has 0 bridgehead atoms. The van der Waals surface area contributed by atoms with Crippen LogP contribution in [0, 0.1) is 6.92 Å². The minimum absolute atomic E-state index is 0.144. The Balaban J connectivity index is 2.20. The zero-order valence-electron chi connectivity index (χ0n) is 13.2. The van der Waals surface area contributed by atoms with Crippen LogP contribution in [0.15, 0.2) is 34.8 Å². The summed E-state index contributed by atoms with van der Waals surface area (Å²) in [6, 6.07) is 8.72. The summed E-state index contributed by atoms with van der Waals surface area (Å²) < 4.78 is 16.7. The lowest BCUT2D eigenvalue weighted by Crippen LogP contribution is -2.14. The van der Waals surface area contributed by atoms with E-state index in [1.165, 1.54) is 14.2 Å². The topological polar surface area (TPSA) is 70.8 Å². The van der Waals surface area contributed by atoms with Crippen molar-refractivity contribution in [2.45, 2.75) is 6.92 Å². The fourth-order valence-electron chi connectivity index (χ4n) is 2.10. The first kappa shape index (κ1) is 17.1. The molecule has 0 unspecified atom stereocenters. The fraction of sp³-hybridized carbons (Fsp3) is 0.235. The number of benzene rings is 2. The molecule has 0 heterocycles. The lowest BCUT2D eigenvalue weighted by molar-refractivity contribution is 0.0918. The summed E-state index contributed by atoms with van der Waals surface area (Å²) in [7, 11) is 3.04. The summed E-state index contributed by atoms with van der Waals surface area (Å²) in [5.74, 6) is 1.24. The van der Waals surface area contributed by atoms with Gasteiger partial charge in [-0.1, -0.05) is 6.07 Å². The van der Waals surface area contributed by atoms with Gasteiger partial charge in [-0.2, -0.15) is 0 Å². The molecular formula is C17H18BrNO4. The second kappa shape index (κ2) is 7.37. The summed E-state index contributed by atoms with van der Waals surface area (Å²) in [6.45, 7) is 1.79. The first-order valence-electron chi connectivity index (χ1n) is 6.90. The van der Waals surface area contributed by atoms with E-state index in [4.69, 9.17) is 19.9 Å². The van der Waals surface area contributed by atoms with Gasteiger partial charge in [-0.3, -0.25) is 4.79 Å². The van der Waals surface area contributed by atoms with E-state index < -0.39 is 0 Å². The Morgan fingerprint density at radius 2 is 1.78 bits per heavy atom. The Labute approximate surface area is 143 Å². The SMILES string of the molecule is COc1cc(C(=O)COc2ccc(C)cc2N)c(OC)cc1Br. The van der Waals surface area contributed by atoms with E-state index in [-0.39, 0.29) is 12.4 Å². The molecule has 0 aliphatic heterocycles. The van der Waals surface area contributed by atoms with Gasteiger partial charge in [0.25, 0.3) is 0 Å². The second-order valence-electron chi connectivity index (χ2n) is 4.94. The summed E-state index contributed by atoms with van der Waals surface area (Å²) in [5, 5.41) is 0. The van der Waals surface area contributed by atoms with Crippen molar-refractivity contribution in [3.8, 4) is 17.2 Å². The number of ether oxygens (including phenoxy) is 3. The van der Waals surface area contributed by atoms with Crippen molar-refractivity contribution < 1.29 is 19.0 Å². The lowest BCUT2D eigenvalue weighted by Gasteiger charge is -2.13. The summed E-state index contributed by atoms with van der Waals surface area (Å²) in [4.78, 5) is 12.4. The van der Waals surface area contributed by atoms with E-state index in [0.29, 0.717) is 33.0 Å². The Morgan fingerprint density at radius 1 is 1.09 bits per heavy atom. The molecule has 5 nitrogen and oxygen atoms in total. The molecule has 0 radical (unpaired) electrons. The molecular weight excluding hydrogens is 362 g/mol. The van der Waals surface area contributed by atoms with Gasteiger partial charge in [-0.05, 0) is 52.7 Å². The van der Waals surface area contributed by atoms with Crippen molar-refractivity contribution in [2.24, 2.45) is 0 Å².